The Morgan fingerprint density at radius 1 is 1.38 bits per heavy atom. The van der Waals surface area contributed by atoms with Gasteiger partial charge in [0.1, 0.15) is 6.61 Å². The van der Waals surface area contributed by atoms with E-state index >= 15 is 0 Å². The molecule has 2 N–H and O–H groups in total. The highest BCUT2D eigenvalue weighted by molar-refractivity contribution is 8.01. The quantitative estimate of drug-likeness (QED) is 0.566. The first-order chi connectivity index (χ1) is 10.1. The number of benzene rings is 1. The van der Waals surface area contributed by atoms with E-state index in [0.717, 1.165) is 14.6 Å². The van der Waals surface area contributed by atoms with Gasteiger partial charge in [-0.2, -0.15) is 0 Å². The van der Waals surface area contributed by atoms with Crippen molar-refractivity contribution in [2.24, 2.45) is 0 Å². The minimum absolute atomic E-state index is 0.127. The smallest absolute Gasteiger partial charge is 0.329 e. The van der Waals surface area contributed by atoms with Crippen LogP contribution in [0.4, 0.5) is 0 Å². The van der Waals surface area contributed by atoms with Gasteiger partial charge in [-0.15, -0.1) is 11.3 Å². The van der Waals surface area contributed by atoms with Crippen molar-refractivity contribution in [3.63, 3.8) is 0 Å². The van der Waals surface area contributed by atoms with E-state index in [1.54, 1.807) is 11.3 Å². The Morgan fingerprint density at radius 3 is 2.95 bits per heavy atom. The highest BCUT2D eigenvalue weighted by Crippen LogP contribution is 2.28. The molecule has 0 aliphatic rings. The zero-order valence-electron chi connectivity index (χ0n) is 11.1. The maximum absolute atomic E-state index is 11.6. The first-order valence-corrected chi connectivity index (χ1v) is 8.00. The lowest BCUT2D eigenvalue weighted by Crippen LogP contribution is -2.29. The molecular weight excluding hydrogens is 312 g/mol. The van der Waals surface area contributed by atoms with Crippen molar-refractivity contribution in [2.75, 3.05) is 25.5 Å². The van der Waals surface area contributed by atoms with Crippen molar-refractivity contribution in [1.29, 1.82) is 0 Å². The summed E-state index contributed by atoms with van der Waals surface area (Å²) in [6, 6.07) is 7.83. The standard InChI is InChI=1S/C13H14N2O4S2/c16-11(14-5-6-19-7-12(17)18)8-20-13-15-9-3-1-2-4-10(9)21-13/h1-4H,5-8H2,(H,14,16)(H,17,18). The van der Waals surface area contributed by atoms with E-state index in [0.29, 0.717) is 6.54 Å². The zero-order chi connectivity index (χ0) is 15.1. The number of hydrogen-bond acceptors (Lipinski definition) is 6. The Hall–Kier alpha value is -1.64. The Balaban J connectivity index is 1.67. The van der Waals surface area contributed by atoms with Gasteiger partial charge in [-0.25, -0.2) is 9.78 Å². The molecule has 21 heavy (non-hydrogen) atoms. The average molecular weight is 326 g/mol. The molecule has 0 unspecified atom stereocenters. The van der Waals surface area contributed by atoms with Gasteiger partial charge >= 0.3 is 5.97 Å². The average Bonchev–Trinajstić information content (AvgIpc) is 2.87. The number of aliphatic carboxylic acids is 1. The van der Waals surface area contributed by atoms with Gasteiger partial charge in [-0.3, -0.25) is 4.79 Å². The fourth-order valence-corrected chi connectivity index (χ4v) is 3.41. The SMILES string of the molecule is O=C(O)COCCNC(=O)CSc1nc2ccccc2s1. The van der Waals surface area contributed by atoms with Crippen molar-refractivity contribution in [1.82, 2.24) is 10.3 Å². The Morgan fingerprint density at radius 2 is 2.19 bits per heavy atom. The first-order valence-electron chi connectivity index (χ1n) is 6.20. The number of nitrogens with zero attached hydrogens (tertiary/aromatic N) is 1. The van der Waals surface area contributed by atoms with Crippen molar-refractivity contribution in [3.05, 3.63) is 24.3 Å². The van der Waals surface area contributed by atoms with E-state index < -0.39 is 5.97 Å². The van der Waals surface area contributed by atoms with Crippen LogP contribution in [0.1, 0.15) is 0 Å². The van der Waals surface area contributed by atoms with Gasteiger partial charge < -0.3 is 15.2 Å². The van der Waals surface area contributed by atoms with Gasteiger partial charge in [0.15, 0.2) is 4.34 Å². The topological polar surface area (TPSA) is 88.5 Å². The van der Waals surface area contributed by atoms with Crippen molar-refractivity contribution >= 4 is 45.2 Å². The summed E-state index contributed by atoms with van der Waals surface area (Å²) >= 11 is 2.94. The predicted molar refractivity (Wildman–Crippen MR) is 81.8 cm³/mol. The first kappa shape index (κ1) is 15.7. The molecule has 2 rings (SSSR count). The minimum Gasteiger partial charge on any atom is -0.480 e. The van der Waals surface area contributed by atoms with Crippen LogP contribution in [-0.2, 0) is 14.3 Å². The van der Waals surface area contributed by atoms with Gasteiger partial charge in [-0.1, -0.05) is 23.9 Å². The summed E-state index contributed by atoms with van der Waals surface area (Å²) in [5, 5.41) is 11.0. The van der Waals surface area contributed by atoms with Gasteiger partial charge in [0.25, 0.3) is 0 Å². The van der Waals surface area contributed by atoms with Crippen LogP contribution in [0.2, 0.25) is 0 Å². The fraction of sp³-hybridized carbons (Fsp3) is 0.308. The molecule has 0 radical (unpaired) electrons. The normalized spacial score (nSPS) is 10.7. The molecule has 2 aromatic rings. The molecule has 8 heteroatoms. The molecule has 0 fully saturated rings. The van der Waals surface area contributed by atoms with Crippen LogP contribution in [0.5, 0.6) is 0 Å². The third-order valence-corrected chi connectivity index (χ3v) is 4.57. The van der Waals surface area contributed by atoms with E-state index in [2.05, 4.69) is 10.3 Å². The molecule has 0 saturated carbocycles. The number of nitrogens with one attached hydrogen (secondary N) is 1. The number of thioether (sulfide) groups is 1. The molecular formula is C13H14N2O4S2. The summed E-state index contributed by atoms with van der Waals surface area (Å²) in [6.45, 7) is 0.132. The summed E-state index contributed by atoms with van der Waals surface area (Å²) in [4.78, 5) is 26.2. The largest absolute Gasteiger partial charge is 0.480 e. The monoisotopic (exact) mass is 326 g/mol. The van der Waals surface area contributed by atoms with Crippen LogP contribution >= 0.6 is 23.1 Å². The van der Waals surface area contributed by atoms with Gasteiger partial charge in [0.2, 0.25) is 5.91 Å². The summed E-state index contributed by atoms with van der Waals surface area (Å²) in [5.74, 6) is -0.871. The lowest BCUT2D eigenvalue weighted by Gasteiger charge is -2.04. The predicted octanol–water partition coefficient (Wildman–Crippen LogP) is 1.61. The fourth-order valence-electron chi connectivity index (χ4n) is 1.51. The van der Waals surface area contributed by atoms with E-state index in [9.17, 15) is 9.59 Å². The summed E-state index contributed by atoms with van der Waals surface area (Å²) < 4.78 is 6.77. The molecule has 1 aromatic heterocycles. The number of rotatable bonds is 8. The Bertz CT molecular complexity index is 596. The summed E-state index contributed by atoms with van der Waals surface area (Å²) in [7, 11) is 0. The second-order valence-corrected chi connectivity index (χ2v) is 6.29. The van der Waals surface area contributed by atoms with Crippen LogP contribution in [0, 0.1) is 0 Å². The number of thiazole rings is 1. The third-order valence-electron chi connectivity index (χ3n) is 2.40. The van der Waals surface area contributed by atoms with Crippen molar-refractivity contribution in [2.45, 2.75) is 4.34 Å². The lowest BCUT2D eigenvalue weighted by molar-refractivity contribution is -0.142. The van der Waals surface area contributed by atoms with E-state index in [4.69, 9.17) is 9.84 Å². The number of para-hydroxylation sites is 1. The molecule has 6 nitrogen and oxygen atoms in total. The maximum atomic E-state index is 11.6. The van der Waals surface area contributed by atoms with E-state index in [-0.39, 0.29) is 24.9 Å². The molecule has 112 valence electrons. The van der Waals surface area contributed by atoms with Crippen molar-refractivity contribution in [3.8, 4) is 0 Å². The maximum Gasteiger partial charge on any atom is 0.329 e. The molecule has 1 heterocycles. The van der Waals surface area contributed by atoms with Crippen molar-refractivity contribution < 1.29 is 19.4 Å². The number of fused-ring (bicyclic) bond motifs is 1. The van der Waals surface area contributed by atoms with Crippen LogP contribution < -0.4 is 5.32 Å². The minimum atomic E-state index is -1.02. The molecule has 0 aliphatic carbocycles. The molecule has 0 spiro atoms. The molecule has 0 saturated heterocycles. The highest BCUT2D eigenvalue weighted by atomic mass is 32.2. The Kier molecular flexibility index (Phi) is 5.97. The third kappa shape index (κ3) is 5.33. The number of carbonyl (C=O) groups is 2. The van der Waals surface area contributed by atoms with Crippen LogP contribution in [-0.4, -0.2) is 47.5 Å². The van der Waals surface area contributed by atoms with Gasteiger partial charge in [0.05, 0.1) is 22.6 Å². The number of carboxylic acid groups (broad SMARTS) is 1. The molecule has 1 aromatic carbocycles. The summed E-state index contributed by atoms with van der Waals surface area (Å²) in [6.07, 6.45) is 0. The molecule has 0 bridgehead atoms. The van der Waals surface area contributed by atoms with Gasteiger partial charge in [-0.05, 0) is 12.1 Å². The van der Waals surface area contributed by atoms with Crippen LogP contribution in [0.25, 0.3) is 10.2 Å². The number of aromatic nitrogens is 1. The Labute approximate surface area is 129 Å². The molecule has 0 atom stereocenters. The zero-order valence-corrected chi connectivity index (χ0v) is 12.7. The number of amides is 1. The van der Waals surface area contributed by atoms with Gasteiger partial charge in [0, 0.05) is 6.54 Å². The number of carbonyl (C=O) groups excluding carboxylic acids is 1. The second-order valence-electron chi connectivity index (χ2n) is 4.03. The van der Waals surface area contributed by atoms with E-state index in [1.807, 2.05) is 24.3 Å². The number of hydrogen-bond donors (Lipinski definition) is 2. The lowest BCUT2D eigenvalue weighted by atomic mass is 10.3. The summed E-state index contributed by atoms with van der Waals surface area (Å²) in [5.41, 5.74) is 0.937. The van der Waals surface area contributed by atoms with Crippen LogP contribution in [0.15, 0.2) is 28.6 Å². The molecule has 0 aliphatic heterocycles. The number of ether oxygens (including phenoxy) is 1. The number of carboxylic acids is 1. The van der Waals surface area contributed by atoms with Crippen LogP contribution in [0.3, 0.4) is 0 Å². The highest BCUT2D eigenvalue weighted by Gasteiger charge is 2.07. The second kappa shape index (κ2) is 7.96. The van der Waals surface area contributed by atoms with E-state index in [1.165, 1.54) is 11.8 Å². The molecule has 1 amide bonds.